The zero-order valence-electron chi connectivity index (χ0n) is 29.6. The molecular weight excluding hydrogens is 649 g/mol. The maximum Gasteiger partial charge on any atom is -0.0105 e. The summed E-state index contributed by atoms with van der Waals surface area (Å²) in [6.45, 7) is 0. The molecule has 0 fully saturated rings. The third kappa shape index (κ3) is 5.15. The molecule has 11 aromatic carbocycles. The lowest BCUT2D eigenvalue weighted by atomic mass is 9.92. The van der Waals surface area contributed by atoms with Crippen molar-refractivity contribution < 1.29 is 0 Å². The molecule has 54 heavy (non-hydrogen) atoms. The van der Waals surface area contributed by atoms with Gasteiger partial charge in [-0.05, 0) is 146 Å². The standard InChI is InChI=1S/C54H34/c1-3-13-49-35(7-1)15-17-45-31-41(21-25-51(45)49)37-9-5-11-39(29-37)43-23-27-53-47(33-43)19-20-48-34-44(24-28-54(48)53)40-12-6-10-38(30-40)42-22-26-52-46(32-42)18-16-36-8-2-4-14-50(36)52/h1-34H. The van der Waals surface area contributed by atoms with E-state index in [1.807, 2.05) is 0 Å². The first kappa shape index (κ1) is 30.6. The van der Waals surface area contributed by atoms with Crippen molar-refractivity contribution in [3.8, 4) is 44.5 Å². The highest BCUT2D eigenvalue weighted by atomic mass is 14.1. The van der Waals surface area contributed by atoms with Crippen molar-refractivity contribution in [3.05, 3.63) is 206 Å². The highest BCUT2D eigenvalue weighted by Gasteiger charge is 2.10. The van der Waals surface area contributed by atoms with Gasteiger partial charge in [0.1, 0.15) is 0 Å². The van der Waals surface area contributed by atoms with E-state index in [-0.39, 0.29) is 0 Å². The molecule has 0 nitrogen and oxygen atoms in total. The van der Waals surface area contributed by atoms with Gasteiger partial charge in [-0.15, -0.1) is 0 Å². The van der Waals surface area contributed by atoms with Gasteiger partial charge in [0.05, 0.1) is 0 Å². The molecule has 250 valence electrons. The molecule has 0 heterocycles. The minimum atomic E-state index is 1.23. The maximum atomic E-state index is 2.34. The van der Waals surface area contributed by atoms with Crippen LogP contribution in [0, 0.1) is 0 Å². The summed E-state index contributed by atoms with van der Waals surface area (Å²) >= 11 is 0. The van der Waals surface area contributed by atoms with E-state index in [2.05, 4.69) is 206 Å². The van der Waals surface area contributed by atoms with Crippen molar-refractivity contribution in [2.75, 3.05) is 0 Å². The van der Waals surface area contributed by atoms with Gasteiger partial charge < -0.3 is 0 Å². The topological polar surface area (TPSA) is 0 Å². The zero-order chi connectivity index (χ0) is 35.6. The molecule has 0 bridgehead atoms. The molecule has 0 heteroatoms. The van der Waals surface area contributed by atoms with Gasteiger partial charge in [0, 0.05) is 0 Å². The fraction of sp³-hybridized carbons (Fsp3) is 0. The second-order valence-electron chi connectivity index (χ2n) is 14.5. The minimum Gasteiger partial charge on any atom is -0.0616 e. The van der Waals surface area contributed by atoms with E-state index in [1.165, 1.54) is 109 Å². The van der Waals surface area contributed by atoms with E-state index in [4.69, 9.17) is 0 Å². The van der Waals surface area contributed by atoms with Gasteiger partial charge >= 0.3 is 0 Å². The molecule has 11 aromatic rings. The van der Waals surface area contributed by atoms with Crippen molar-refractivity contribution >= 4 is 64.6 Å². The minimum absolute atomic E-state index is 1.23. The van der Waals surface area contributed by atoms with E-state index in [9.17, 15) is 0 Å². The Morgan fingerprint density at radius 1 is 0.148 bits per heavy atom. The highest BCUT2D eigenvalue weighted by Crippen LogP contribution is 2.36. The smallest absolute Gasteiger partial charge is 0.0105 e. The molecule has 0 N–H and O–H groups in total. The molecule has 0 aliphatic rings. The van der Waals surface area contributed by atoms with Crippen molar-refractivity contribution in [2.24, 2.45) is 0 Å². The van der Waals surface area contributed by atoms with Crippen molar-refractivity contribution in [1.82, 2.24) is 0 Å². The second-order valence-corrected chi connectivity index (χ2v) is 14.5. The summed E-state index contributed by atoms with van der Waals surface area (Å²) in [5.74, 6) is 0. The lowest BCUT2D eigenvalue weighted by molar-refractivity contribution is 1.61. The summed E-state index contributed by atoms with van der Waals surface area (Å²) in [6, 6.07) is 76.2. The fourth-order valence-corrected chi connectivity index (χ4v) is 8.57. The third-order valence-corrected chi connectivity index (χ3v) is 11.4. The number of rotatable bonds is 4. The Balaban J connectivity index is 0.904. The third-order valence-electron chi connectivity index (χ3n) is 11.4. The monoisotopic (exact) mass is 682 g/mol. The largest absolute Gasteiger partial charge is 0.0616 e. The number of hydrogen-bond donors (Lipinski definition) is 0. The molecule has 0 amide bonds. The molecule has 0 aromatic heterocycles. The van der Waals surface area contributed by atoms with Crippen molar-refractivity contribution in [2.45, 2.75) is 0 Å². The Kier molecular flexibility index (Phi) is 6.97. The fourth-order valence-electron chi connectivity index (χ4n) is 8.57. The van der Waals surface area contributed by atoms with Crippen LogP contribution in [0.2, 0.25) is 0 Å². The molecule has 0 aliphatic heterocycles. The lowest BCUT2D eigenvalue weighted by Crippen LogP contribution is -1.85. The number of hydrogen-bond acceptors (Lipinski definition) is 0. The van der Waals surface area contributed by atoms with Crippen molar-refractivity contribution in [1.29, 1.82) is 0 Å². The van der Waals surface area contributed by atoms with Gasteiger partial charge in [0.2, 0.25) is 0 Å². The lowest BCUT2D eigenvalue weighted by Gasteiger charge is -2.12. The van der Waals surface area contributed by atoms with Crippen LogP contribution in [0.1, 0.15) is 0 Å². The molecule has 0 unspecified atom stereocenters. The Hall–Kier alpha value is -7.02. The van der Waals surface area contributed by atoms with Gasteiger partial charge in [0.15, 0.2) is 0 Å². The number of benzene rings is 11. The van der Waals surface area contributed by atoms with Gasteiger partial charge in [-0.3, -0.25) is 0 Å². The van der Waals surface area contributed by atoms with E-state index in [0.29, 0.717) is 0 Å². The predicted octanol–water partition coefficient (Wildman–Crippen LogP) is 15.3. The van der Waals surface area contributed by atoms with Gasteiger partial charge in [-0.2, -0.15) is 0 Å². The van der Waals surface area contributed by atoms with Crippen LogP contribution in [0.4, 0.5) is 0 Å². The van der Waals surface area contributed by atoms with E-state index < -0.39 is 0 Å². The summed E-state index contributed by atoms with van der Waals surface area (Å²) in [4.78, 5) is 0. The molecular formula is C54H34. The average molecular weight is 683 g/mol. The maximum absolute atomic E-state index is 2.34. The van der Waals surface area contributed by atoms with E-state index in [0.717, 1.165) is 0 Å². The van der Waals surface area contributed by atoms with Gasteiger partial charge in [0.25, 0.3) is 0 Å². The molecule has 0 radical (unpaired) electrons. The van der Waals surface area contributed by atoms with Crippen LogP contribution in [0.15, 0.2) is 206 Å². The van der Waals surface area contributed by atoms with E-state index in [1.54, 1.807) is 0 Å². The summed E-state index contributed by atoms with van der Waals surface area (Å²) < 4.78 is 0. The van der Waals surface area contributed by atoms with Crippen LogP contribution in [-0.2, 0) is 0 Å². The molecule has 0 spiro atoms. The van der Waals surface area contributed by atoms with Crippen LogP contribution in [0.5, 0.6) is 0 Å². The Labute approximate surface area is 314 Å². The quantitative estimate of drug-likeness (QED) is 0.162. The summed E-state index contributed by atoms with van der Waals surface area (Å²) in [5.41, 5.74) is 9.83. The Morgan fingerprint density at radius 2 is 0.407 bits per heavy atom. The molecule has 0 saturated heterocycles. The van der Waals surface area contributed by atoms with Crippen LogP contribution >= 0.6 is 0 Å². The van der Waals surface area contributed by atoms with Crippen LogP contribution < -0.4 is 0 Å². The molecule has 0 aliphatic carbocycles. The molecule has 0 atom stereocenters. The first-order chi connectivity index (χ1) is 26.7. The number of fused-ring (bicyclic) bond motifs is 9. The summed E-state index contributed by atoms with van der Waals surface area (Å²) in [5, 5.41) is 15.3. The summed E-state index contributed by atoms with van der Waals surface area (Å²) in [6.07, 6.45) is 0. The van der Waals surface area contributed by atoms with Crippen molar-refractivity contribution in [3.63, 3.8) is 0 Å². The average Bonchev–Trinajstić information content (AvgIpc) is 3.25. The van der Waals surface area contributed by atoms with Gasteiger partial charge in [-0.25, -0.2) is 0 Å². The first-order valence-electron chi connectivity index (χ1n) is 18.7. The zero-order valence-corrected chi connectivity index (χ0v) is 29.6. The molecule has 11 rings (SSSR count). The van der Waals surface area contributed by atoms with Gasteiger partial charge in [-0.1, -0.05) is 170 Å². The summed E-state index contributed by atoms with van der Waals surface area (Å²) in [7, 11) is 0. The first-order valence-corrected chi connectivity index (χ1v) is 18.7. The predicted molar refractivity (Wildman–Crippen MR) is 233 cm³/mol. The highest BCUT2D eigenvalue weighted by molar-refractivity contribution is 6.11. The Bertz CT molecular complexity index is 3050. The van der Waals surface area contributed by atoms with Crippen LogP contribution in [0.25, 0.3) is 109 Å². The normalized spacial score (nSPS) is 11.7. The van der Waals surface area contributed by atoms with Crippen LogP contribution in [-0.4, -0.2) is 0 Å². The molecule has 0 saturated carbocycles. The van der Waals surface area contributed by atoms with E-state index >= 15 is 0 Å². The van der Waals surface area contributed by atoms with Crippen LogP contribution in [0.3, 0.4) is 0 Å². The SMILES string of the molecule is c1cc(-c2ccc3c(ccc4ccccc43)c2)cc(-c2ccc3c(ccc4cc(-c5cccc(-c6ccc7c(ccc8ccccc87)c6)c5)ccc43)c2)c1. The second kappa shape index (κ2) is 12.3. The Morgan fingerprint density at radius 3 is 0.741 bits per heavy atom.